The number of benzene rings is 1. The summed E-state index contributed by atoms with van der Waals surface area (Å²) in [5.74, 6) is -0.461. The SMILES string of the molecule is O=S(=O)(CCCCl)Nc1ccc(-n2cncn2)c(F)c1. The minimum atomic E-state index is -3.52. The number of anilines is 1. The molecule has 0 unspecified atom stereocenters. The largest absolute Gasteiger partial charge is 0.283 e. The Labute approximate surface area is 120 Å². The molecule has 1 heterocycles. The van der Waals surface area contributed by atoms with Crippen molar-refractivity contribution in [3.8, 4) is 5.69 Å². The normalized spacial score (nSPS) is 11.5. The smallest absolute Gasteiger partial charge is 0.232 e. The molecule has 0 aliphatic carbocycles. The molecule has 0 aliphatic rings. The first-order chi connectivity index (χ1) is 9.52. The molecule has 0 fully saturated rings. The van der Waals surface area contributed by atoms with Crippen molar-refractivity contribution >= 4 is 27.3 Å². The third-order valence-electron chi connectivity index (χ3n) is 2.43. The fourth-order valence-corrected chi connectivity index (χ4v) is 2.97. The topological polar surface area (TPSA) is 76.9 Å². The lowest BCUT2D eigenvalue weighted by Crippen LogP contribution is -2.17. The number of nitrogens with zero attached hydrogens (tertiary/aromatic N) is 3. The van der Waals surface area contributed by atoms with Gasteiger partial charge in [0.25, 0.3) is 0 Å². The van der Waals surface area contributed by atoms with Crippen molar-refractivity contribution in [3.63, 3.8) is 0 Å². The molecule has 1 aromatic carbocycles. The van der Waals surface area contributed by atoms with Crippen LogP contribution in [0.25, 0.3) is 5.69 Å². The second kappa shape index (κ2) is 6.19. The first-order valence-electron chi connectivity index (χ1n) is 5.73. The van der Waals surface area contributed by atoms with Gasteiger partial charge in [-0.3, -0.25) is 4.72 Å². The lowest BCUT2D eigenvalue weighted by Gasteiger charge is -2.09. The molecule has 0 saturated heterocycles. The highest BCUT2D eigenvalue weighted by molar-refractivity contribution is 7.92. The second-order valence-electron chi connectivity index (χ2n) is 3.97. The van der Waals surface area contributed by atoms with Gasteiger partial charge in [-0.25, -0.2) is 22.5 Å². The summed E-state index contributed by atoms with van der Waals surface area (Å²) in [6.45, 7) is 0. The van der Waals surface area contributed by atoms with E-state index in [9.17, 15) is 12.8 Å². The zero-order valence-corrected chi connectivity index (χ0v) is 11.9. The highest BCUT2D eigenvalue weighted by Crippen LogP contribution is 2.18. The molecule has 2 aromatic rings. The molecule has 1 N–H and O–H groups in total. The average molecular weight is 319 g/mol. The standard InChI is InChI=1S/C11H12ClFN4O2S/c12-4-1-5-20(18,19)16-9-2-3-11(10(13)6-9)17-8-14-7-15-17/h2-3,6-8,16H,1,4-5H2. The number of rotatable bonds is 6. The maximum atomic E-state index is 13.9. The predicted molar refractivity (Wildman–Crippen MR) is 74.1 cm³/mol. The summed E-state index contributed by atoms with van der Waals surface area (Å²) >= 11 is 5.45. The number of halogens is 2. The summed E-state index contributed by atoms with van der Waals surface area (Å²) in [6, 6.07) is 3.97. The van der Waals surface area contributed by atoms with Gasteiger partial charge in [-0.1, -0.05) is 0 Å². The van der Waals surface area contributed by atoms with E-state index in [0.717, 1.165) is 6.07 Å². The molecule has 108 valence electrons. The molecule has 6 nitrogen and oxygen atoms in total. The van der Waals surface area contributed by atoms with Crippen LogP contribution in [0.1, 0.15) is 6.42 Å². The molecular weight excluding hydrogens is 307 g/mol. The van der Waals surface area contributed by atoms with Gasteiger partial charge in [0.2, 0.25) is 10.0 Å². The quantitative estimate of drug-likeness (QED) is 0.824. The number of hydrogen-bond donors (Lipinski definition) is 1. The molecule has 0 aliphatic heterocycles. The lowest BCUT2D eigenvalue weighted by atomic mass is 10.3. The molecule has 9 heteroatoms. The van der Waals surface area contributed by atoms with Gasteiger partial charge in [-0.05, 0) is 18.6 Å². The van der Waals surface area contributed by atoms with Crippen molar-refractivity contribution in [1.82, 2.24) is 14.8 Å². The Kier molecular flexibility index (Phi) is 4.56. The summed E-state index contributed by atoms with van der Waals surface area (Å²) in [7, 11) is -3.52. The fraction of sp³-hybridized carbons (Fsp3) is 0.273. The van der Waals surface area contributed by atoms with Crippen LogP contribution in [0.5, 0.6) is 0 Å². The Morgan fingerprint density at radius 1 is 1.40 bits per heavy atom. The molecule has 0 amide bonds. The van der Waals surface area contributed by atoms with Crippen molar-refractivity contribution in [1.29, 1.82) is 0 Å². The van der Waals surface area contributed by atoms with Gasteiger partial charge in [0.1, 0.15) is 18.3 Å². The second-order valence-corrected chi connectivity index (χ2v) is 6.19. The number of nitrogens with one attached hydrogen (secondary N) is 1. The van der Waals surface area contributed by atoms with Gasteiger partial charge in [0.05, 0.1) is 11.4 Å². The van der Waals surface area contributed by atoms with Crippen LogP contribution in [0.3, 0.4) is 0 Å². The summed E-state index contributed by atoms with van der Waals surface area (Å²) in [6.07, 6.45) is 2.96. The average Bonchev–Trinajstić information content (AvgIpc) is 2.90. The Bertz CT molecular complexity index is 676. The van der Waals surface area contributed by atoms with Crippen LogP contribution >= 0.6 is 11.6 Å². The summed E-state index contributed by atoms with van der Waals surface area (Å²) in [4.78, 5) is 3.72. The summed E-state index contributed by atoms with van der Waals surface area (Å²) < 4.78 is 40.8. The maximum Gasteiger partial charge on any atom is 0.232 e. The van der Waals surface area contributed by atoms with Gasteiger partial charge in [-0.2, -0.15) is 5.10 Å². The van der Waals surface area contributed by atoms with E-state index in [1.165, 1.54) is 29.5 Å². The Morgan fingerprint density at radius 3 is 2.80 bits per heavy atom. The van der Waals surface area contributed by atoms with Crippen LogP contribution in [0, 0.1) is 5.82 Å². The van der Waals surface area contributed by atoms with Crippen molar-refractivity contribution in [2.45, 2.75) is 6.42 Å². The Balaban J connectivity index is 2.18. The summed E-state index contributed by atoms with van der Waals surface area (Å²) in [5, 5.41) is 3.80. The van der Waals surface area contributed by atoms with Crippen molar-refractivity contribution in [3.05, 3.63) is 36.7 Å². The molecule has 0 bridgehead atoms. The highest BCUT2D eigenvalue weighted by atomic mass is 35.5. The lowest BCUT2D eigenvalue weighted by molar-refractivity contribution is 0.599. The number of aromatic nitrogens is 3. The van der Waals surface area contributed by atoms with Crippen LogP contribution in [0.4, 0.5) is 10.1 Å². The maximum absolute atomic E-state index is 13.9. The third kappa shape index (κ3) is 3.67. The van der Waals surface area contributed by atoms with E-state index in [2.05, 4.69) is 14.8 Å². The van der Waals surface area contributed by atoms with Crippen molar-refractivity contribution in [2.24, 2.45) is 0 Å². The molecule has 0 atom stereocenters. The van der Waals surface area contributed by atoms with Crippen LogP contribution in [0.15, 0.2) is 30.9 Å². The van der Waals surface area contributed by atoms with E-state index in [0.29, 0.717) is 6.42 Å². The number of alkyl halides is 1. The molecule has 0 spiro atoms. The molecule has 0 radical (unpaired) electrons. The molecular formula is C11H12ClFN4O2S. The Morgan fingerprint density at radius 2 is 2.20 bits per heavy atom. The fourth-order valence-electron chi connectivity index (χ4n) is 1.56. The van der Waals surface area contributed by atoms with E-state index in [1.54, 1.807) is 0 Å². The zero-order chi connectivity index (χ0) is 14.6. The number of hydrogen-bond acceptors (Lipinski definition) is 4. The van der Waals surface area contributed by atoms with Gasteiger partial charge >= 0.3 is 0 Å². The van der Waals surface area contributed by atoms with Crippen LogP contribution in [-0.4, -0.2) is 34.8 Å². The zero-order valence-electron chi connectivity index (χ0n) is 10.3. The van der Waals surface area contributed by atoms with E-state index in [4.69, 9.17) is 11.6 Å². The van der Waals surface area contributed by atoms with Crippen LogP contribution in [0.2, 0.25) is 0 Å². The van der Waals surface area contributed by atoms with Crippen molar-refractivity contribution < 1.29 is 12.8 Å². The molecule has 2 rings (SSSR count). The molecule has 1 aromatic heterocycles. The van der Waals surface area contributed by atoms with Gasteiger partial charge in [0, 0.05) is 11.9 Å². The van der Waals surface area contributed by atoms with Crippen LogP contribution < -0.4 is 4.72 Å². The van der Waals surface area contributed by atoms with E-state index >= 15 is 0 Å². The van der Waals surface area contributed by atoms with E-state index < -0.39 is 15.8 Å². The first kappa shape index (κ1) is 14.7. The van der Waals surface area contributed by atoms with E-state index in [-0.39, 0.29) is 23.0 Å². The third-order valence-corrected chi connectivity index (χ3v) is 4.07. The predicted octanol–water partition coefficient (Wildman–Crippen LogP) is 1.78. The number of sulfonamides is 1. The van der Waals surface area contributed by atoms with Gasteiger partial charge < -0.3 is 0 Å². The van der Waals surface area contributed by atoms with Crippen molar-refractivity contribution in [2.75, 3.05) is 16.4 Å². The minimum Gasteiger partial charge on any atom is -0.283 e. The first-order valence-corrected chi connectivity index (χ1v) is 7.91. The van der Waals surface area contributed by atoms with Gasteiger partial charge in [-0.15, -0.1) is 11.6 Å². The molecule has 20 heavy (non-hydrogen) atoms. The summed E-state index contributed by atoms with van der Waals surface area (Å²) in [5.41, 5.74) is 0.340. The monoisotopic (exact) mass is 318 g/mol. The highest BCUT2D eigenvalue weighted by Gasteiger charge is 2.12. The Hall–Kier alpha value is -1.67. The minimum absolute atomic E-state index is 0.108. The van der Waals surface area contributed by atoms with Gasteiger partial charge in [0.15, 0.2) is 5.82 Å². The molecule has 0 saturated carbocycles. The van der Waals surface area contributed by atoms with E-state index in [1.807, 2.05) is 0 Å². The van der Waals surface area contributed by atoms with Crippen LogP contribution in [-0.2, 0) is 10.0 Å².